The molecule has 0 bridgehead atoms. The van der Waals surface area contributed by atoms with Crippen LogP contribution >= 0.6 is 0 Å². The molecule has 0 unspecified atom stereocenters. The van der Waals surface area contributed by atoms with Crippen LogP contribution in [0, 0.1) is 0 Å². The van der Waals surface area contributed by atoms with Crippen molar-refractivity contribution >= 4 is 30.2 Å². The van der Waals surface area contributed by atoms with E-state index in [0.29, 0.717) is 17.7 Å². The van der Waals surface area contributed by atoms with Gasteiger partial charge in [0.25, 0.3) is 0 Å². The molecule has 1 aliphatic heterocycles. The number of aliphatic hydroxyl groups excluding tert-OH is 3. The predicted molar refractivity (Wildman–Crippen MR) is 86.8 cm³/mol. The highest BCUT2D eigenvalue weighted by Gasteiger charge is 2.44. The second kappa shape index (κ2) is 6.92. The Morgan fingerprint density at radius 2 is 2.24 bits per heavy atom. The van der Waals surface area contributed by atoms with Crippen LogP contribution < -0.4 is 15.5 Å². The lowest BCUT2D eigenvalue weighted by molar-refractivity contribution is -0.512. The van der Waals surface area contributed by atoms with E-state index in [1.807, 2.05) is 6.92 Å². The Kier molecular flexibility index (Phi) is 4.86. The van der Waals surface area contributed by atoms with Crippen molar-refractivity contribution in [1.29, 1.82) is 0 Å². The molecular formula is C13H20BN6O5+. The number of aliphatic hydroxyl groups is 3. The van der Waals surface area contributed by atoms with Gasteiger partial charge in [-0.05, 0) is 6.92 Å². The summed E-state index contributed by atoms with van der Waals surface area (Å²) in [6.07, 6.45) is -1.56. The van der Waals surface area contributed by atoms with Gasteiger partial charge < -0.3 is 31.1 Å². The zero-order chi connectivity index (χ0) is 18.1. The molecule has 11 nitrogen and oxygen atoms in total. The van der Waals surface area contributed by atoms with E-state index in [0.717, 1.165) is 0 Å². The van der Waals surface area contributed by atoms with Gasteiger partial charge in [-0.15, -0.1) is 0 Å². The lowest BCUT2D eigenvalue weighted by Gasteiger charge is -2.15. The van der Waals surface area contributed by atoms with Gasteiger partial charge in [-0.25, -0.2) is 4.98 Å². The molecule has 1 amide bonds. The normalized spacial score (nSPS) is 26.1. The molecule has 1 fully saturated rings. The van der Waals surface area contributed by atoms with E-state index >= 15 is 0 Å². The Morgan fingerprint density at radius 1 is 1.48 bits per heavy atom. The van der Waals surface area contributed by atoms with Crippen molar-refractivity contribution in [3.8, 4) is 0 Å². The van der Waals surface area contributed by atoms with Gasteiger partial charge in [0.2, 0.25) is 23.6 Å². The first-order valence-corrected chi connectivity index (χ1v) is 7.87. The Bertz CT molecular complexity index is 786. The maximum Gasteiger partial charge on any atom is 0.426 e. The summed E-state index contributed by atoms with van der Waals surface area (Å²) < 4.78 is 8.37. The van der Waals surface area contributed by atoms with Crippen molar-refractivity contribution < 1.29 is 29.3 Å². The number of carbonyl (C=O) groups is 1. The molecule has 1 saturated heterocycles. The highest BCUT2D eigenvalue weighted by Crippen LogP contribution is 2.31. The molecule has 3 rings (SSSR count). The van der Waals surface area contributed by atoms with Gasteiger partial charge in [0, 0.05) is 6.54 Å². The van der Waals surface area contributed by atoms with Crippen LogP contribution in [0.4, 0.5) is 10.6 Å². The molecule has 0 aliphatic carbocycles. The molecular weight excluding hydrogens is 331 g/mol. The number of anilines is 1. The smallest absolute Gasteiger partial charge is 0.394 e. The number of carbonyl (C=O) groups excluding carboxylic acids is 1. The summed E-state index contributed by atoms with van der Waals surface area (Å²) >= 11 is 0. The maximum absolute atomic E-state index is 11.7. The number of imidazole rings is 1. The third kappa shape index (κ3) is 3.04. The summed E-state index contributed by atoms with van der Waals surface area (Å²) in [4.78, 5) is 20.1. The predicted octanol–water partition coefficient (Wildman–Crippen LogP) is -3.16. The number of nitrogens with two attached hydrogens (primary N) is 1. The fraction of sp³-hybridized carbons (Fsp3) is 0.538. The van der Waals surface area contributed by atoms with Crippen LogP contribution in [-0.4, -0.2) is 74.5 Å². The number of hydrogen-bond donors (Lipinski definition) is 5. The van der Waals surface area contributed by atoms with Crippen molar-refractivity contribution in [2.45, 2.75) is 31.5 Å². The average molecular weight is 351 g/mol. The number of hydrogen-bond acceptors (Lipinski definition) is 8. The fourth-order valence-electron chi connectivity index (χ4n) is 2.82. The number of nitrogens with zero attached hydrogens (tertiary/aromatic N) is 4. The van der Waals surface area contributed by atoms with Gasteiger partial charge >= 0.3 is 7.41 Å². The van der Waals surface area contributed by atoms with Crippen LogP contribution in [0.25, 0.3) is 11.2 Å². The largest absolute Gasteiger partial charge is 0.426 e. The number of nitrogens with one attached hydrogen (secondary N) is 1. The third-order valence-electron chi connectivity index (χ3n) is 4.12. The highest BCUT2D eigenvalue weighted by molar-refractivity contribution is 6.67. The monoisotopic (exact) mass is 351 g/mol. The molecule has 0 aromatic carbocycles. The lowest BCUT2D eigenvalue weighted by atomic mass is 9.92. The van der Waals surface area contributed by atoms with Crippen molar-refractivity contribution in [2.75, 3.05) is 18.9 Å². The summed E-state index contributed by atoms with van der Waals surface area (Å²) in [5.41, 5.74) is 6.74. The molecule has 4 atom stereocenters. The first-order valence-electron chi connectivity index (χ1n) is 7.87. The van der Waals surface area contributed by atoms with Crippen LogP contribution in [0.1, 0.15) is 13.2 Å². The Morgan fingerprint density at radius 3 is 2.88 bits per heavy atom. The zero-order valence-corrected chi connectivity index (χ0v) is 13.6. The summed E-state index contributed by atoms with van der Waals surface area (Å²) in [6, 6.07) is 0. The van der Waals surface area contributed by atoms with Crippen LogP contribution in [0.5, 0.6) is 0 Å². The summed E-state index contributed by atoms with van der Waals surface area (Å²) in [5, 5.41) is 31.9. The average Bonchev–Trinajstić information content (AvgIpc) is 3.13. The van der Waals surface area contributed by atoms with E-state index in [9.17, 15) is 20.1 Å². The number of aromatic nitrogens is 4. The summed E-state index contributed by atoms with van der Waals surface area (Å²) in [7, 11) is 0.00330. The van der Waals surface area contributed by atoms with E-state index in [1.165, 1.54) is 21.7 Å². The van der Waals surface area contributed by atoms with Crippen LogP contribution in [0.3, 0.4) is 0 Å². The number of rotatable bonds is 5. The zero-order valence-electron chi connectivity index (χ0n) is 13.6. The first kappa shape index (κ1) is 17.5. The quantitative estimate of drug-likeness (QED) is 0.353. The Hall–Kier alpha value is -2.28. The molecule has 2 aromatic heterocycles. The second-order valence-corrected chi connectivity index (χ2v) is 5.76. The highest BCUT2D eigenvalue weighted by atomic mass is 16.6. The van der Waals surface area contributed by atoms with Crippen molar-refractivity contribution in [3.63, 3.8) is 0 Å². The lowest BCUT2D eigenvalue weighted by Crippen LogP contribution is -2.50. The Labute approximate surface area is 143 Å². The molecule has 0 radical (unpaired) electrons. The molecule has 25 heavy (non-hydrogen) atoms. The molecule has 12 heteroatoms. The molecule has 134 valence electrons. The SMILES string of the molecule is CCNC(=O)B[n+]1cnc2c(ncn2[C@@H]2O[C@H](CO)[C@@H](O)[C@@H]2O)c1N. The van der Waals surface area contributed by atoms with Gasteiger partial charge in [0.1, 0.15) is 24.6 Å². The van der Waals surface area contributed by atoms with Gasteiger partial charge in [-0.1, -0.05) is 4.98 Å². The molecule has 0 spiro atoms. The van der Waals surface area contributed by atoms with Crippen LogP contribution in [0.2, 0.25) is 0 Å². The van der Waals surface area contributed by atoms with E-state index in [-0.39, 0.29) is 19.0 Å². The minimum Gasteiger partial charge on any atom is -0.394 e. The number of amides is 1. The topological polar surface area (TPSA) is 160 Å². The van der Waals surface area contributed by atoms with Gasteiger partial charge in [0.05, 0.1) is 6.61 Å². The first-order chi connectivity index (χ1) is 12.0. The summed E-state index contributed by atoms with van der Waals surface area (Å²) in [6.45, 7) is 1.90. The molecule has 0 saturated carbocycles. The number of nitrogen functional groups attached to an aromatic ring is 1. The molecule has 2 aromatic rings. The van der Waals surface area contributed by atoms with E-state index in [4.69, 9.17) is 10.5 Å². The minimum absolute atomic E-state index is 0.00330. The van der Waals surface area contributed by atoms with E-state index < -0.39 is 31.1 Å². The fourth-order valence-corrected chi connectivity index (χ4v) is 2.82. The van der Waals surface area contributed by atoms with Gasteiger partial charge in [-0.2, -0.15) is 0 Å². The van der Waals surface area contributed by atoms with Crippen molar-refractivity contribution in [1.82, 2.24) is 19.9 Å². The Balaban J connectivity index is 1.93. The van der Waals surface area contributed by atoms with Gasteiger partial charge in [0.15, 0.2) is 11.7 Å². The van der Waals surface area contributed by atoms with Crippen LogP contribution in [0.15, 0.2) is 12.7 Å². The summed E-state index contributed by atoms with van der Waals surface area (Å²) in [5.74, 6) is 0.0324. The third-order valence-corrected chi connectivity index (χ3v) is 4.12. The molecule has 6 N–H and O–H groups in total. The van der Waals surface area contributed by atoms with Gasteiger partial charge in [-0.3, -0.25) is 13.8 Å². The minimum atomic E-state index is -1.25. The van der Waals surface area contributed by atoms with Crippen molar-refractivity contribution in [2.24, 2.45) is 0 Å². The standard InChI is InChI=1S/C13H19BN6O5/c1-2-16-13(24)14-20-5-18-11-7(10(20)15)17-4-19(11)12-9(23)8(22)6(3-21)25-12/h4-6,8-9,12,14-15,21-23H,2-3H2,1H3,(H,16,24)/p+1/t6-,8-,9+,12-/m1/s1. The number of ether oxygens (including phenoxy) is 1. The molecule has 1 aliphatic rings. The second-order valence-electron chi connectivity index (χ2n) is 5.76. The van der Waals surface area contributed by atoms with E-state index in [2.05, 4.69) is 15.3 Å². The van der Waals surface area contributed by atoms with Crippen LogP contribution in [-0.2, 0) is 4.74 Å². The van der Waals surface area contributed by atoms with Crippen molar-refractivity contribution in [3.05, 3.63) is 12.7 Å². The molecule has 3 heterocycles. The van der Waals surface area contributed by atoms with E-state index in [1.54, 1.807) is 0 Å². The maximum atomic E-state index is 11.7. The number of fused-ring (bicyclic) bond motifs is 1.